The smallest absolute Gasteiger partial charge is 0.264 e. The maximum atomic E-state index is 14.4. The third-order valence-electron chi connectivity index (χ3n) is 6.86. The molecule has 1 N–H and O–H groups in total. The molecule has 0 aliphatic carbocycles. The number of sulfonamides is 1. The predicted molar refractivity (Wildman–Crippen MR) is 169 cm³/mol. The van der Waals surface area contributed by atoms with Crippen LogP contribution in [-0.4, -0.2) is 51.9 Å². The van der Waals surface area contributed by atoms with Crippen molar-refractivity contribution >= 4 is 50.7 Å². The Morgan fingerprint density at radius 2 is 1.47 bits per heavy atom. The number of carbonyl (C=O) groups is 2. The maximum Gasteiger partial charge on any atom is 0.264 e. The molecule has 0 saturated heterocycles. The van der Waals surface area contributed by atoms with Crippen LogP contribution in [0.1, 0.15) is 11.1 Å². The van der Waals surface area contributed by atoms with E-state index in [4.69, 9.17) is 27.9 Å². The Balaban J connectivity index is 1.83. The van der Waals surface area contributed by atoms with E-state index in [0.29, 0.717) is 21.4 Å². The number of ether oxygens (including phenoxy) is 1. The van der Waals surface area contributed by atoms with Crippen molar-refractivity contribution in [2.75, 3.05) is 25.0 Å². The number of nitrogens with one attached hydrogen (secondary N) is 1. The summed E-state index contributed by atoms with van der Waals surface area (Å²) in [7, 11) is -1.28. The lowest BCUT2D eigenvalue weighted by atomic mass is 10.0. The highest BCUT2D eigenvalue weighted by Gasteiger charge is 2.35. The highest BCUT2D eigenvalue weighted by molar-refractivity contribution is 7.92. The highest BCUT2D eigenvalue weighted by atomic mass is 35.5. The Bertz CT molecular complexity index is 1650. The van der Waals surface area contributed by atoms with Gasteiger partial charge in [-0.15, -0.1) is 0 Å². The van der Waals surface area contributed by atoms with Crippen molar-refractivity contribution in [2.24, 2.45) is 0 Å². The number of halogens is 2. The molecule has 0 aromatic heterocycles. The average molecular weight is 641 g/mol. The van der Waals surface area contributed by atoms with Gasteiger partial charge in [0.1, 0.15) is 18.3 Å². The van der Waals surface area contributed by atoms with Gasteiger partial charge in [0, 0.05) is 41.7 Å². The van der Waals surface area contributed by atoms with Crippen LogP contribution in [0.25, 0.3) is 0 Å². The van der Waals surface area contributed by atoms with Gasteiger partial charge in [-0.1, -0.05) is 83.9 Å². The van der Waals surface area contributed by atoms with E-state index in [9.17, 15) is 18.0 Å². The lowest BCUT2D eigenvalue weighted by Crippen LogP contribution is -2.53. The minimum atomic E-state index is -4.23. The van der Waals surface area contributed by atoms with E-state index >= 15 is 0 Å². The summed E-state index contributed by atoms with van der Waals surface area (Å²) in [5.74, 6) is -0.660. The van der Waals surface area contributed by atoms with Crippen LogP contribution >= 0.6 is 23.2 Å². The second-order valence-electron chi connectivity index (χ2n) is 9.57. The van der Waals surface area contributed by atoms with Gasteiger partial charge >= 0.3 is 0 Å². The number of rotatable bonds is 12. The Labute approximate surface area is 261 Å². The van der Waals surface area contributed by atoms with Gasteiger partial charge in [-0.25, -0.2) is 8.42 Å². The molecule has 4 rings (SSSR count). The Kier molecular flexibility index (Phi) is 10.7. The maximum absolute atomic E-state index is 14.4. The van der Waals surface area contributed by atoms with Crippen LogP contribution in [0.15, 0.2) is 108 Å². The fraction of sp³-hybridized carbons (Fsp3) is 0.188. The van der Waals surface area contributed by atoms with Gasteiger partial charge in [-0.05, 0) is 42.0 Å². The average Bonchev–Trinajstić information content (AvgIpc) is 3.03. The van der Waals surface area contributed by atoms with E-state index in [1.807, 2.05) is 30.3 Å². The summed E-state index contributed by atoms with van der Waals surface area (Å²) in [6.07, 6.45) is 0.166. The number of carbonyl (C=O) groups excluding carboxylic acids is 2. The number of likely N-dealkylation sites (N-methyl/N-ethyl adjacent to an activating group) is 1. The molecule has 0 heterocycles. The standard InChI is InChI=1S/C32H31Cl2N3O5S/c1-35-32(39)30(19-23-11-5-3-6-12-23)36(21-27-28(33)17-10-18-29(27)34)31(38)22-37(24-13-9-14-25(20-24)42-2)43(40,41)26-15-7-4-8-16-26/h3-18,20,30H,19,21-22H2,1-2H3,(H,35,39)/t30-/m0/s1. The van der Waals surface area contributed by atoms with Gasteiger partial charge in [0.25, 0.3) is 10.0 Å². The van der Waals surface area contributed by atoms with Gasteiger partial charge < -0.3 is 15.0 Å². The first-order valence-electron chi connectivity index (χ1n) is 13.4. The Morgan fingerprint density at radius 3 is 2.07 bits per heavy atom. The minimum Gasteiger partial charge on any atom is -0.497 e. The molecule has 0 bridgehead atoms. The second-order valence-corrected chi connectivity index (χ2v) is 12.2. The monoisotopic (exact) mass is 639 g/mol. The zero-order valence-electron chi connectivity index (χ0n) is 23.6. The molecule has 4 aromatic carbocycles. The molecule has 11 heteroatoms. The summed E-state index contributed by atoms with van der Waals surface area (Å²) in [5, 5.41) is 3.26. The number of amides is 2. The lowest BCUT2D eigenvalue weighted by molar-refractivity contribution is -0.139. The van der Waals surface area contributed by atoms with Gasteiger partial charge in [0.05, 0.1) is 17.7 Å². The minimum absolute atomic E-state index is 0.00143. The van der Waals surface area contributed by atoms with E-state index in [2.05, 4.69) is 5.32 Å². The van der Waals surface area contributed by atoms with E-state index in [1.165, 1.54) is 37.3 Å². The van der Waals surface area contributed by atoms with Crippen molar-refractivity contribution in [3.8, 4) is 5.75 Å². The van der Waals surface area contributed by atoms with Crippen molar-refractivity contribution in [3.63, 3.8) is 0 Å². The zero-order chi connectivity index (χ0) is 31.0. The third-order valence-corrected chi connectivity index (χ3v) is 9.36. The number of methoxy groups -OCH3 is 1. The number of hydrogen-bond donors (Lipinski definition) is 1. The van der Waals surface area contributed by atoms with Gasteiger partial charge in [0.2, 0.25) is 11.8 Å². The number of benzene rings is 4. The quantitative estimate of drug-likeness (QED) is 0.218. The van der Waals surface area contributed by atoms with Crippen molar-refractivity contribution in [1.29, 1.82) is 0 Å². The predicted octanol–water partition coefficient (Wildman–Crippen LogP) is 5.58. The molecule has 4 aromatic rings. The molecule has 0 unspecified atom stereocenters. The molecule has 224 valence electrons. The van der Waals surface area contributed by atoms with Crippen molar-refractivity contribution < 1.29 is 22.7 Å². The van der Waals surface area contributed by atoms with Crippen LogP contribution in [0.3, 0.4) is 0 Å². The first kappa shape index (κ1) is 31.9. The van der Waals surface area contributed by atoms with Crippen LogP contribution in [-0.2, 0) is 32.6 Å². The van der Waals surface area contributed by atoms with Crippen molar-refractivity contribution in [3.05, 3.63) is 124 Å². The molecule has 0 saturated carbocycles. The lowest BCUT2D eigenvalue weighted by Gasteiger charge is -2.34. The van der Waals surface area contributed by atoms with Crippen LogP contribution in [0, 0.1) is 0 Å². The van der Waals surface area contributed by atoms with E-state index in [-0.39, 0.29) is 23.5 Å². The normalized spacial score (nSPS) is 11.8. The van der Waals surface area contributed by atoms with Crippen molar-refractivity contribution in [1.82, 2.24) is 10.2 Å². The van der Waals surface area contributed by atoms with E-state index in [1.54, 1.807) is 54.6 Å². The Hall–Kier alpha value is -4.05. The number of nitrogens with zero attached hydrogens (tertiary/aromatic N) is 2. The van der Waals surface area contributed by atoms with Crippen LogP contribution in [0.4, 0.5) is 5.69 Å². The third kappa shape index (κ3) is 7.67. The summed E-state index contributed by atoms with van der Waals surface area (Å²) in [5.41, 5.74) is 1.45. The summed E-state index contributed by atoms with van der Waals surface area (Å²) >= 11 is 13.0. The summed E-state index contributed by atoms with van der Waals surface area (Å²) in [6, 6.07) is 27.4. The van der Waals surface area contributed by atoms with Gasteiger partial charge in [-0.2, -0.15) is 0 Å². The van der Waals surface area contributed by atoms with Crippen LogP contribution in [0.5, 0.6) is 5.75 Å². The SMILES string of the molecule is CNC(=O)[C@H](Cc1ccccc1)N(Cc1c(Cl)cccc1Cl)C(=O)CN(c1cccc(OC)c1)S(=O)(=O)c1ccccc1. The first-order valence-corrected chi connectivity index (χ1v) is 15.5. The van der Waals surface area contributed by atoms with Gasteiger partial charge in [-0.3, -0.25) is 13.9 Å². The molecule has 0 aliphatic heterocycles. The molecule has 2 amide bonds. The molecule has 0 aliphatic rings. The van der Waals surface area contributed by atoms with E-state index in [0.717, 1.165) is 9.87 Å². The molecule has 1 atom stereocenters. The summed E-state index contributed by atoms with van der Waals surface area (Å²) in [4.78, 5) is 29.0. The highest BCUT2D eigenvalue weighted by Crippen LogP contribution is 2.30. The van der Waals surface area contributed by atoms with Gasteiger partial charge in [0.15, 0.2) is 0 Å². The second kappa shape index (κ2) is 14.4. The zero-order valence-corrected chi connectivity index (χ0v) is 25.9. The fourth-order valence-electron chi connectivity index (χ4n) is 4.59. The molecular weight excluding hydrogens is 609 g/mol. The first-order chi connectivity index (χ1) is 20.6. The van der Waals surface area contributed by atoms with Crippen LogP contribution in [0.2, 0.25) is 10.0 Å². The summed E-state index contributed by atoms with van der Waals surface area (Å²) < 4.78 is 34.3. The fourth-order valence-corrected chi connectivity index (χ4v) is 6.53. The molecule has 0 fully saturated rings. The summed E-state index contributed by atoms with van der Waals surface area (Å²) in [6.45, 7) is -0.756. The van der Waals surface area contributed by atoms with E-state index < -0.39 is 34.4 Å². The molecule has 43 heavy (non-hydrogen) atoms. The molecular formula is C32H31Cl2N3O5S. The van der Waals surface area contributed by atoms with Crippen molar-refractivity contribution in [2.45, 2.75) is 23.9 Å². The topological polar surface area (TPSA) is 96.0 Å². The number of hydrogen-bond acceptors (Lipinski definition) is 5. The molecule has 8 nitrogen and oxygen atoms in total. The number of anilines is 1. The molecule has 0 radical (unpaired) electrons. The Morgan fingerprint density at radius 1 is 0.860 bits per heavy atom. The molecule has 0 spiro atoms. The largest absolute Gasteiger partial charge is 0.497 e. The van der Waals surface area contributed by atoms with Crippen LogP contribution < -0.4 is 14.4 Å².